The summed E-state index contributed by atoms with van der Waals surface area (Å²) in [4.78, 5) is 14.4. The molecule has 2 rings (SSSR count). The van der Waals surface area contributed by atoms with Gasteiger partial charge in [0, 0.05) is 18.1 Å². The third kappa shape index (κ3) is 4.01. The Balaban J connectivity index is 2.07. The Kier molecular flexibility index (Phi) is 5.32. The first kappa shape index (κ1) is 16.4. The molecule has 0 saturated carbocycles. The lowest BCUT2D eigenvalue weighted by Crippen LogP contribution is -2.50. The summed E-state index contributed by atoms with van der Waals surface area (Å²) >= 11 is 11.9. The highest BCUT2D eigenvalue weighted by molar-refractivity contribution is 6.37. The quantitative estimate of drug-likeness (QED) is 0.835. The van der Waals surface area contributed by atoms with Gasteiger partial charge in [0.15, 0.2) is 0 Å². The minimum atomic E-state index is -0.289. The van der Waals surface area contributed by atoms with E-state index in [4.69, 9.17) is 33.7 Å². The van der Waals surface area contributed by atoms with Crippen LogP contribution in [0.3, 0.4) is 0 Å². The molecule has 1 aromatic carbocycles. The van der Waals surface area contributed by atoms with Crippen LogP contribution in [0.5, 0.6) is 0 Å². The molecule has 1 aliphatic rings. The molecule has 21 heavy (non-hydrogen) atoms. The highest BCUT2D eigenvalue weighted by atomic mass is 35.5. The van der Waals surface area contributed by atoms with Gasteiger partial charge in [-0.2, -0.15) is 0 Å². The average molecular weight is 332 g/mol. The second-order valence-electron chi connectivity index (χ2n) is 5.19. The molecule has 116 valence electrons. The molecule has 0 aliphatic carbocycles. The van der Waals surface area contributed by atoms with Gasteiger partial charge in [-0.1, -0.05) is 23.2 Å². The molecule has 1 heterocycles. The van der Waals surface area contributed by atoms with Gasteiger partial charge in [-0.25, -0.2) is 0 Å². The van der Waals surface area contributed by atoms with Gasteiger partial charge in [0.2, 0.25) is 5.91 Å². The smallest absolute Gasteiger partial charge is 0.241 e. The molecule has 5 nitrogen and oxygen atoms in total. The molecule has 1 aromatic rings. The molecule has 0 aromatic heterocycles. The minimum Gasteiger partial charge on any atom is -0.397 e. The number of carbonyl (C=O) groups is 1. The van der Waals surface area contributed by atoms with Crippen molar-refractivity contribution in [1.29, 1.82) is 0 Å². The van der Waals surface area contributed by atoms with Crippen LogP contribution < -0.4 is 11.1 Å². The van der Waals surface area contributed by atoms with E-state index in [1.165, 1.54) is 0 Å². The average Bonchev–Trinajstić information content (AvgIpc) is 2.41. The lowest BCUT2D eigenvalue weighted by atomic mass is 10.2. The van der Waals surface area contributed by atoms with Gasteiger partial charge in [-0.15, -0.1) is 0 Å². The van der Waals surface area contributed by atoms with Crippen LogP contribution in [0.15, 0.2) is 12.1 Å². The van der Waals surface area contributed by atoms with Gasteiger partial charge < -0.3 is 15.8 Å². The maximum Gasteiger partial charge on any atom is 0.241 e. The zero-order valence-electron chi connectivity index (χ0n) is 12.0. The van der Waals surface area contributed by atoms with Crippen molar-refractivity contribution < 1.29 is 9.53 Å². The SMILES string of the molecule is CC1CN(C(C)C(=O)Nc2c(N)cc(Cl)cc2Cl)CCO1. The van der Waals surface area contributed by atoms with Crippen molar-refractivity contribution in [2.75, 3.05) is 30.7 Å². The number of amides is 1. The fraction of sp³-hybridized carbons (Fsp3) is 0.500. The van der Waals surface area contributed by atoms with Crippen LogP contribution in [0, 0.1) is 0 Å². The first-order valence-electron chi connectivity index (χ1n) is 6.79. The molecule has 1 aliphatic heterocycles. The number of nitrogens with one attached hydrogen (secondary N) is 1. The Morgan fingerprint density at radius 1 is 1.52 bits per heavy atom. The van der Waals surface area contributed by atoms with Crippen LogP contribution in [0.2, 0.25) is 10.0 Å². The second kappa shape index (κ2) is 6.83. The number of benzene rings is 1. The fourth-order valence-electron chi connectivity index (χ4n) is 2.32. The largest absolute Gasteiger partial charge is 0.397 e. The maximum absolute atomic E-state index is 12.4. The minimum absolute atomic E-state index is 0.123. The Labute approximate surface area is 134 Å². The second-order valence-corrected chi connectivity index (χ2v) is 6.04. The molecule has 1 amide bonds. The van der Waals surface area contributed by atoms with Gasteiger partial charge in [0.25, 0.3) is 0 Å². The molecular weight excluding hydrogens is 313 g/mol. The van der Waals surface area contributed by atoms with E-state index in [2.05, 4.69) is 10.2 Å². The van der Waals surface area contributed by atoms with E-state index >= 15 is 0 Å². The number of anilines is 2. The molecule has 0 bridgehead atoms. The molecule has 7 heteroatoms. The first-order chi connectivity index (χ1) is 9.88. The first-order valence-corrected chi connectivity index (χ1v) is 7.55. The van der Waals surface area contributed by atoms with Gasteiger partial charge in [-0.3, -0.25) is 9.69 Å². The normalized spacial score (nSPS) is 21.0. The van der Waals surface area contributed by atoms with E-state index < -0.39 is 0 Å². The Bertz CT molecular complexity index is 516. The number of hydrogen-bond donors (Lipinski definition) is 2. The van der Waals surface area contributed by atoms with Crippen molar-refractivity contribution in [2.45, 2.75) is 26.0 Å². The summed E-state index contributed by atoms with van der Waals surface area (Å²) < 4.78 is 5.48. The Hall–Kier alpha value is -1.01. The summed E-state index contributed by atoms with van der Waals surface area (Å²) in [5.41, 5.74) is 6.61. The van der Waals surface area contributed by atoms with Gasteiger partial charge in [0.05, 0.1) is 35.2 Å². The van der Waals surface area contributed by atoms with Crippen molar-refractivity contribution in [3.8, 4) is 0 Å². The molecular formula is C14H19Cl2N3O2. The third-order valence-electron chi connectivity index (χ3n) is 3.53. The molecule has 1 fully saturated rings. The predicted octanol–water partition coefficient (Wildman–Crippen LogP) is 2.62. The number of nitrogens with zero attached hydrogens (tertiary/aromatic N) is 1. The van der Waals surface area contributed by atoms with Crippen molar-refractivity contribution in [2.24, 2.45) is 0 Å². The summed E-state index contributed by atoms with van der Waals surface area (Å²) in [6.45, 7) is 5.92. The predicted molar refractivity (Wildman–Crippen MR) is 86.0 cm³/mol. The lowest BCUT2D eigenvalue weighted by Gasteiger charge is -2.34. The summed E-state index contributed by atoms with van der Waals surface area (Å²) in [7, 11) is 0. The molecule has 2 atom stereocenters. The van der Waals surface area contributed by atoms with E-state index in [9.17, 15) is 4.79 Å². The van der Waals surface area contributed by atoms with Crippen molar-refractivity contribution in [1.82, 2.24) is 4.90 Å². The summed E-state index contributed by atoms with van der Waals surface area (Å²) in [6.07, 6.45) is 0.123. The van der Waals surface area contributed by atoms with E-state index in [0.29, 0.717) is 28.0 Å². The van der Waals surface area contributed by atoms with Crippen LogP contribution in [0.4, 0.5) is 11.4 Å². The standard InChI is InChI=1S/C14H19Cl2N3O2/c1-8-7-19(3-4-21-8)9(2)14(20)18-13-11(16)5-10(15)6-12(13)17/h5-6,8-9H,3-4,7,17H2,1-2H3,(H,18,20). The van der Waals surface area contributed by atoms with Crippen LogP contribution in [0.1, 0.15) is 13.8 Å². The Morgan fingerprint density at radius 3 is 2.86 bits per heavy atom. The van der Waals surface area contributed by atoms with Crippen LogP contribution >= 0.6 is 23.2 Å². The van der Waals surface area contributed by atoms with E-state index in [0.717, 1.165) is 13.1 Å². The number of hydrogen-bond acceptors (Lipinski definition) is 4. The molecule has 1 saturated heterocycles. The maximum atomic E-state index is 12.4. The van der Waals surface area contributed by atoms with Crippen molar-refractivity contribution in [3.63, 3.8) is 0 Å². The zero-order valence-corrected chi connectivity index (χ0v) is 13.5. The van der Waals surface area contributed by atoms with E-state index in [-0.39, 0.29) is 18.1 Å². The van der Waals surface area contributed by atoms with Crippen LogP contribution in [-0.2, 0) is 9.53 Å². The summed E-state index contributed by atoms with van der Waals surface area (Å²) in [5, 5.41) is 3.55. The van der Waals surface area contributed by atoms with Gasteiger partial charge >= 0.3 is 0 Å². The number of nitrogens with two attached hydrogens (primary N) is 1. The summed E-state index contributed by atoms with van der Waals surface area (Å²) in [6, 6.07) is 2.82. The monoisotopic (exact) mass is 331 g/mol. The number of morpholine rings is 1. The number of ether oxygens (including phenoxy) is 1. The molecule has 0 radical (unpaired) electrons. The molecule has 2 unspecified atom stereocenters. The topological polar surface area (TPSA) is 67.6 Å². The zero-order chi connectivity index (χ0) is 15.6. The number of rotatable bonds is 3. The Morgan fingerprint density at radius 2 is 2.24 bits per heavy atom. The molecule has 3 N–H and O–H groups in total. The number of carbonyl (C=O) groups excluding carboxylic acids is 1. The van der Waals surface area contributed by atoms with Crippen LogP contribution in [0.25, 0.3) is 0 Å². The van der Waals surface area contributed by atoms with Crippen molar-refractivity contribution >= 4 is 40.5 Å². The van der Waals surface area contributed by atoms with Crippen LogP contribution in [-0.4, -0.2) is 42.6 Å². The number of nitrogen functional groups attached to an aromatic ring is 1. The van der Waals surface area contributed by atoms with Crippen molar-refractivity contribution in [3.05, 3.63) is 22.2 Å². The lowest BCUT2D eigenvalue weighted by molar-refractivity contribution is -0.123. The molecule has 0 spiro atoms. The van der Waals surface area contributed by atoms with Gasteiger partial charge in [0.1, 0.15) is 0 Å². The van der Waals surface area contributed by atoms with E-state index in [1.807, 2.05) is 13.8 Å². The summed E-state index contributed by atoms with van der Waals surface area (Å²) in [5.74, 6) is -0.153. The number of halogens is 2. The highest BCUT2D eigenvalue weighted by Gasteiger charge is 2.26. The fourth-order valence-corrected chi connectivity index (χ4v) is 2.87. The third-order valence-corrected chi connectivity index (χ3v) is 4.05. The van der Waals surface area contributed by atoms with Gasteiger partial charge in [-0.05, 0) is 26.0 Å². The van der Waals surface area contributed by atoms with E-state index in [1.54, 1.807) is 12.1 Å². The highest BCUT2D eigenvalue weighted by Crippen LogP contribution is 2.32.